The third kappa shape index (κ3) is 9.32. The maximum atomic E-state index is 13.4. The fraction of sp³-hybridized carbons (Fsp3) is 0.429. The van der Waals surface area contributed by atoms with Gasteiger partial charge in [0.1, 0.15) is 17.5 Å². The molecule has 0 aliphatic carbocycles. The Balaban J connectivity index is 0.864. The van der Waals surface area contributed by atoms with Crippen LogP contribution in [0.1, 0.15) is 78.5 Å². The van der Waals surface area contributed by atoms with Crippen molar-refractivity contribution in [3.63, 3.8) is 0 Å². The van der Waals surface area contributed by atoms with E-state index in [-0.39, 0.29) is 24.0 Å². The van der Waals surface area contributed by atoms with E-state index in [1.807, 2.05) is 68.3 Å². The topological polar surface area (TPSA) is 181 Å². The smallest absolute Gasteiger partial charge is 0.352 e. The van der Waals surface area contributed by atoms with Gasteiger partial charge in [0.05, 0.1) is 42.2 Å². The van der Waals surface area contributed by atoms with Gasteiger partial charge in [-0.1, -0.05) is 35.9 Å². The summed E-state index contributed by atoms with van der Waals surface area (Å²) in [6.45, 7) is 14.9. The van der Waals surface area contributed by atoms with Crippen LogP contribution in [0.25, 0.3) is 22.0 Å². The molecule has 16 nitrogen and oxygen atoms in total. The summed E-state index contributed by atoms with van der Waals surface area (Å²) in [5.74, 6) is -2.37. The molecular weight excluding hydrogens is 864 g/mol. The van der Waals surface area contributed by atoms with Gasteiger partial charge in [-0.25, -0.2) is 4.79 Å². The monoisotopic (exact) mass is 920 g/mol. The second-order valence-electron chi connectivity index (χ2n) is 17.4. The predicted molar refractivity (Wildman–Crippen MR) is 251 cm³/mol. The number of aryl methyl sites for hydroxylation is 5. The van der Waals surface area contributed by atoms with Crippen molar-refractivity contribution in [2.75, 3.05) is 71.0 Å². The molecule has 5 aromatic rings. The van der Waals surface area contributed by atoms with Crippen LogP contribution in [0.4, 0.5) is 5.69 Å². The lowest BCUT2D eigenvalue weighted by Crippen LogP contribution is -2.54. The summed E-state index contributed by atoms with van der Waals surface area (Å²) < 4.78 is 16.0. The zero-order chi connectivity index (χ0) is 46.8. The van der Waals surface area contributed by atoms with Crippen LogP contribution in [0.3, 0.4) is 0 Å². The third-order valence-corrected chi connectivity index (χ3v) is 13.7. The Kier molecular flexibility index (Phi) is 13.9. The highest BCUT2D eigenvalue weighted by Crippen LogP contribution is 2.38. The number of carboxylic acid groups (broad SMARTS) is 1. The number of imide groups is 2. The summed E-state index contributed by atoms with van der Waals surface area (Å²) >= 11 is 6.39. The molecule has 348 valence electrons. The molecule has 3 aliphatic rings. The molecule has 66 heavy (non-hydrogen) atoms. The first-order valence-electron chi connectivity index (χ1n) is 22.6. The Morgan fingerprint density at radius 1 is 0.879 bits per heavy atom. The highest BCUT2D eigenvalue weighted by Gasteiger charge is 2.45. The Bertz CT molecular complexity index is 2700. The first kappa shape index (κ1) is 46.5. The minimum absolute atomic E-state index is 0.0588. The number of amides is 4. The molecular formula is C49H57ClN8O8. The van der Waals surface area contributed by atoms with Gasteiger partial charge in [-0.2, -0.15) is 5.10 Å². The zero-order valence-electron chi connectivity index (χ0n) is 38.2. The van der Waals surface area contributed by atoms with Crippen LogP contribution < -0.4 is 15.4 Å². The van der Waals surface area contributed by atoms with Gasteiger partial charge in [0.25, 0.3) is 11.8 Å². The molecule has 2 fully saturated rings. The van der Waals surface area contributed by atoms with Gasteiger partial charge < -0.3 is 24.5 Å². The summed E-state index contributed by atoms with van der Waals surface area (Å²) in [4.78, 5) is 69.7. The molecule has 1 atom stereocenters. The highest BCUT2D eigenvalue weighted by molar-refractivity contribution is 6.32. The van der Waals surface area contributed by atoms with E-state index in [0.717, 1.165) is 98.5 Å². The normalized spacial score (nSPS) is 16.9. The van der Waals surface area contributed by atoms with E-state index in [2.05, 4.69) is 26.5 Å². The van der Waals surface area contributed by atoms with E-state index in [9.17, 15) is 29.1 Å². The number of nitrogens with one attached hydrogen (secondary N) is 2. The van der Waals surface area contributed by atoms with Crippen LogP contribution in [0.5, 0.6) is 5.75 Å². The number of carbonyl (C=O) groups is 5. The van der Waals surface area contributed by atoms with E-state index >= 15 is 0 Å². The molecule has 0 bridgehead atoms. The molecule has 4 amide bonds. The first-order valence-corrected chi connectivity index (χ1v) is 23.0. The number of anilines is 1. The maximum Gasteiger partial charge on any atom is 0.352 e. The summed E-state index contributed by atoms with van der Waals surface area (Å²) in [5, 5.41) is 22.7. The molecule has 1 unspecified atom stereocenters. The van der Waals surface area contributed by atoms with Gasteiger partial charge >= 0.3 is 5.97 Å². The molecule has 2 aromatic heterocycles. The van der Waals surface area contributed by atoms with Gasteiger partial charge in [-0.15, -0.1) is 0 Å². The third-order valence-electron chi connectivity index (χ3n) is 13.1. The summed E-state index contributed by atoms with van der Waals surface area (Å²) in [6, 6.07) is 13.9. The molecule has 2 saturated heterocycles. The fourth-order valence-corrected chi connectivity index (χ4v) is 9.80. The molecule has 8 rings (SSSR count). The average molecular weight is 921 g/mol. The van der Waals surface area contributed by atoms with Crippen LogP contribution in [0, 0.1) is 27.7 Å². The van der Waals surface area contributed by atoms with E-state index in [1.54, 1.807) is 18.2 Å². The summed E-state index contributed by atoms with van der Waals surface area (Å²) in [7, 11) is 1.93. The number of benzene rings is 3. The van der Waals surface area contributed by atoms with Crippen molar-refractivity contribution in [2.45, 2.75) is 66.0 Å². The van der Waals surface area contributed by atoms with Crippen molar-refractivity contribution < 1.29 is 38.6 Å². The standard InChI is InChI=1S/C49H57ClN8O8/c1-29-27-33(28-30(2)43(29)50)66-24-8-12-35-34-9-6-10-36(41-31(3)53-54(5)32(41)4)44(34)57(45(35)49(63)64)22-21-55-17-19-56(20-18-55)23-26-65-25-16-51-38-13-7-11-37-42(38)48(62)58(47(37)61)39-14-15-40(59)52-46(39)60/h6-7,9-11,13,27-28,39,51H,8,12,14-26H2,1-5H3,(H,63,64)(H,52,59,60). The van der Waals surface area contributed by atoms with Crippen LogP contribution >= 0.6 is 11.6 Å². The van der Waals surface area contributed by atoms with Gasteiger partial charge in [0.15, 0.2) is 0 Å². The van der Waals surface area contributed by atoms with E-state index in [1.165, 1.54) is 0 Å². The van der Waals surface area contributed by atoms with Crippen molar-refractivity contribution in [1.82, 2.24) is 34.4 Å². The lowest BCUT2D eigenvalue weighted by Gasteiger charge is -2.34. The number of hydrogen-bond acceptors (Lipinski definition) is 11. The number of aromatic nitrogens is 3. The number of para-hydroxylation sites is 1. The minimum Gasteiger partial charge on any atom is -0.494 e. The zero-order valence-corrected chi connectivity index (χ0v) is 38.9. The highest BCUT2D eigenvalue weighted by atomic mass is 35.5. The van der Waals surface area contributed by atoms with Crippen molar-refractivity contribution in [2.24, 2.45) is 7.05 Å². The Morgan fingerprint density at radius 2 is 1.58 bits per heavy atom. The molecule has 17 heteroatoms. The minimum atomic E-state index is -1.02. The number of piperidine rings is 1. The molecule has 3 aliphatic heterocycles. The van der Waals surface area contributed by atoms with Gasteiger partial charge in [0.2, 0.25) is 11.8 Å². The predicted octanol–water partition coefficient (Wildman–Crippen LogP) is 5.79. The van der Waals surface area contributed by atoms with Crippen LogP contribution in [-0.4, -0.2) is 135 Å². The summed E-state index contributed by atoms with van der Waals surface area (Å²) in [5.41, 5.74) is 8.74. The quantitative estimate of drug-likeness (QED) is 0.0713. The number of rotatable bonds is 18. The van der Waals surface area contributed by atoms with E-state index in [0.29, 0.717) is 63.7 Å². The van der Waals surface area contributed by atoms with Crippen LogP contribution in [-0.2, 0) is 34.3 Å². The Labute approximate surface area is 388 Å². The number of aromatic carboxylic acids is 1. The van der Waals surface area contributed by atoms with Gasteiger partial charge in [-0.05, 0) is 87.9 Å². The van der Waals surface area contributed by atoms with Crippen molar-refractivity contribution >= 4 is 57.8 Å². The van der Waals surface area contributed by atoms with Crippen LogP contribution in [0.2, 0.25) is 5.02 Å². The summed E-state index contributed by atoms with van der Waals surface area (Å²) in [6.07, 6.45) is 1.31. The maximum absolute atomic E-state index is 13.4. The van der Waals surface area contributed by atoms with Crippen LogP contribution in [0.15, 0.2) is 48.5 Å². The Morgan fingerprint density at radius 3 is 2.26 bits per heavy atom. The number of halogens is 1. The second kappa shape index (κ2) is 19.8. The SMILES string of the molecule is Cc1cc(OCCCc2c(C(=O)O)n(CCN3CCN(CCOCCNc4cccc5c4C(=O)N(C4CCC(=O)NC4=O)C5=O)CC3)c3c(-c4c(C)nn(C)c4C)cccc23)cc(C)c1Cl. The molecule has 0 saturated carbocycles. The number of fused-ring (bicyclic) bond motifs is 2. The van der Waals surface area contributed by atoms with E-state index < -0.39 is 35.6 Å². The fourth-order valence-electron chi connectivity index (χ4n) is 9.69. The lowest BCUT2D eigenvalue weighted by atomic mass is 9.98. The first-order chi connectivity index (χ1) is 31.7. The number of piperazine rings is 1. The van der Waals surface area contributed by atoms with Crippen molar-refractivity contribution in [1.29, 1.82) is 0 Å². The molecule has 3 aromatic carbocycles. The second-order valence-corrected chi connectivity index (χ2v) is 17.8. The van der Waals surface area contributed by atoms with Gasteiger partial charge in [-0.3, -0.25) is 43.9 Å². The molecule has 3 N–H and O–H groups in total. The molecule has 5 heterocycles. The molecule has 0 spiro atoms. The number of carbonyl (C=O) groups excluding carboxylic acids is 4. The lowest BCUT2D eigenvalue weighted by molar-refractivity contribution is -0.136. The largest absolute Gasteiger partial charge is 0.494 e. The van der Waals surface area contributed by atoms with Crippen molar-refractivity contribution in [3.05, 3.63) is 98.5 Å². The number of nitrogens with zero attached hydrogens (tertiary/aromatic N) is 6. The number of carboxylic acids is 1. The van der Waals surface area contributed by atoms with Crippen molar-refractivity contribution in [3.8, 4) is 16.9 Å². The number of hydrogen-bond donors (Lipinski definition) is 3. The molecule has 0 radical (unpaired) electrons. The average Bonchev–Trinajstić information content (AvgIpc) is 3.85. The van der Waals surface area contributed by atoms with Gasteiger partial charge in [0, 0.05) is 98.7 Å². The Hall–Kier alpha value is -6.07. The van der Waals surface area contributed by atoms with E-state index in [4.69, 9.17) is 26.2 Å². The number of ether oxygens (including phenoxy) is 2.